The van der Waals surface area contributed by atoms with Crippen molar-refractivity contribution in [2.24, 2.45) is 4.99 Å². The summed E-state index contributed by atoms with van der Waals surface area (Å²) in [6, 6.07) is 9.91. The van der Waals surface area contributed by atoms with Gasteiger partial charge in [-0.2, -0.15) is 0 Å². The molecule has 0 unspecified atom stereocenters. The van der Waals surface area contributed by atoms with E-state index in [2.05, 4.69) is 26.2 Å². The number of aliphatic imine (C=N–C) groups is 1. The minimum atomic E-state index is -1.55. The summed E-state index contributed by atoms with van der Waals surface area (Å²) >= 11 is 4.39. The molecule has 1 aromatic heterocycles. The van der Waals surface area contributed by atoms with Crippen molar-refractivity contribution in [1.29, 1.82) is 0 Å². The van der Waals surface area contributed by atoms with E-state index in [1.54, 1.807) is 18.2 Å². The zero-order valence-electron chi connectivity index (χ0n) is 15.9. The Morgan fingerprint density at radius 2 is 1.87 bits per heavy atom. The third-order valence-corrected chi connectivity index (χ3v) is 6.27. The SMILES string of the molecule is O=C1NC(=N[C@@H]2[C@@H](O)[C@H](O)[C@@H](CO)O[C@@H]2O)SC1=Cc1ccc(-c2ccc(Br)cc2)o1. The molecule has 4 rings (SSSR count). The largest absolute Gasteiger partial charge is 0.457 e. The van der Waals surface area contributed by atoms with E-state index < -0.39 is 43.2 Å². The number of nitrogens with one attached hydrogen (secondary N) is 1. The van der Waals surface area contributed by atoms with Crippen molar-refractivity contribution in [3.8, 4) is 11.3 Å². The maximum atomic E-state index is 12.3. The van der Waals surface area contributed by atoms with Crippen LogP contribution in [-0.2, 0) is 9.53 Å². The molecular formula is C20H19BrN2O7S. The first-order valence-electron chi connectivity index (χ1n) is 9.30. The lowest BCUT2D eigenvalue weighted by Crippen LogP contribution is -2.58. The van der Waals surface area contributed by atoms with Gasteiger partial charge >= 0.3 is 0 Å². The second kappa shape index (κ2) is 9.25. The fourth-order valence-corrected chi connectivity index (χ4v) is 4.28. The van der Waals surface area contributed by atoms with Crippen LogP contribution in [0, 0.1) is 0 Å². The van der Waals surface area contributed by atoms with Crippen LogP contribution < -0.4 is 5.32 Å². The molecule has 9 nitrogen and oxygen atoms in total. The highest BCUT2D eigenvalue weighted by atomic mass is 79.9. The van der Waals surface area contributed by atoms with Crippen LogP contribution in [0.5, 0.6) is 0 Å². The Kier molecular flexibility index (Phi) is 6.63. The molecule has 1 aromatic carbocycles. The molecule has 0 bridgehead atoms. The van der Waals surface area contributed by atoms with Gasteiger partial charge in [0, 0.05) is 16.1 Å². The lowest BCUT2D eigenvalue weighted by atomic mass is 9.98. The summed E-state index contributed by atoms with van der Waals surface area (Å²) in [7, 11) is 0. The van der Waals surface area contributed by atoms with E-state index in [-0.39, 0.29) is 5.17 Å². The number of aliphatic hydroxyl groups excluding tert-OH is 4. The number of aliphatic hydroxyl groups is 4. The van der Waals surface area contributed by atoms with Gasteiger partial charge in [-0.3, -0.25) is 9.79 Å². The number of nitrogens with zero attached hydrogens (tertiary/aromatic N) is 1. The number of benzene rings is 1. The van der Waals surface area contributed by atoms with E-state index in [1.165, 1.54) is 0 Å². The Morgan fingerprint density at radius 3 is 2.58 bits per heavy atom. The summed E-state index contributed by atoms with van der Waals surface area (Å²) in [5.41, 5.74) is 0.888. The second-order valence-electron chi connectivity index (χ2n) is 6.93. The maximum Gasteiger partial charge on any atom is 0.264 e. The zero-order chi connectivity index (χ0) is 22.1. The number of ether oxygens (including phenoxy) is 1. The molecule has 2 saturated heterocycles. The van der Waals surface area contributed by atoms with Crippen molar-refractivity contribution in [3.63, 3.8) is 0 Å². The molecule has 0 saturated carbocycles. The fraction of sp³-hybridized carbons (Fsp3) is 0.300. The summed E-state index contributed by atoms with van der Waals surface area (Å²) < 4.78 is 11.8. The fourth-order valence-electron chi connectivity index (χ4n) is 3.17. The van der Waals surface area contributed by atoms with Gasteiger partial charge in [-0.1, -0.05) is 28.1 Å². The molecule has 1 amide bonds. The highest BCUT2D eigenvalue weighted by Gasteiger charge is 2.44. The summed E-state index contributed by atoms with van der Waals surface area (Å²) in [6.07, 6.45) is -4.02. The van der Waals surface area contributed by atoms with Gasteiger partial charge in [-0.25, -0.2) is 0 Å². The molecule has 2 aliphatic rings. The minimum absolute atomic E-state index is 0.136. The van der Waals surface area contributed by atoms with Gasteiger partial charge in [0.25, 0.3) is 5.91 Å². The van der Waals surface area contributed by atoms with E-state index in [4.69, 9.17) is 14.3 Å². The first-order chi connectivity index (χ1) is 14.9. The molecule has 2 fully saturated rings. The van der Waals surface area contributed by atoms with E-state index in [1.807, 2.05) is 24.3 Å². The van der Waals surface area contributed by atoms with Crippen molar-refractivity contribution < 1.29 is 34.4 Å². The summed E-state index contributed by atoms with van der Waals surface area (Å²) in [4.78, 5) is 16.7. The molecule has 11 heteroatoms. The molecule has 2 aliphatic heterocycles. The summed E-state index contributed by atoms with van der Waals surface area (Å²) in [5, 5.41) is 42.0. The molecule has 0 aliphatic carbocycles. The first-order valence-corrected chi connectivity index (χ1v) is 10.9. The number of halogens is 1. The topological polar surface area (TPSA) is 145 Å². The van der Waals surface area contributed by atoms with Crippen LogP contribution in [0.15, 0.2) is 55.2 Å². The van der Waals surface area contributed by atoms with Crippen molar-refractivity contribution in [2.75, 3.05) is 6.61 Å². The normalized spacial score (nSPS) is 31.4. The van der Waals surface area contributed by atoms with Crippen LogP contribution in [0.1, 0.15) is 5.76 Å². The van der Waals surface area contributed by atoms with Crippen LogP contribution in [0.25, 0.3) is 17.4 Å². The summed E-state index contributed by atoms with van der Waals surface area (Å²) in [5.74, 6) is 0.702. The third kappa shape index (κ3) is 4.77. The number of carbonyl (C=O) groups excluding carboxylic acids is 1. The second-order valence-corrected chi connectivity index (χ2v) is 8.87. The molecule has 164 valence electrons. The van der Waals surface area contributed by atoms with Crippen molar-refractivity contribution >= 4 is 44.8 Å². The Bertz CT molecular complexity index is 1020. The highest BCUT2D eigenvalue weighted by Crippen LogP contribution is 2.31. The minimum Gasteiger partial charge on any atom is -0.457 e. The monoisotopic (exact) mass is 510 g/mol. The molecule has 0 spiro atoms. The van der Waals surface area contributed by atoms with Gasteiger partial charge < -0.3 is 34.9 Å². The van der Waals surface area contributed by atoms with Gasteiger partial charge in [-0.05, 0) is 36.0 Å². The Balaban J connectivity index is 1.49. The van der Waals surface area contributed by atoms with Crippen molar-refractivity contribution in [3.05, 3.63) is 51.5 Å². The quantitative estimate of drug-likeness (QED) is 0.384. The predicted octanol–water partition coefficient (Wildman–Crippen LogP) is 1.07. The van der Waals surface area contributed by atoms with Crippen LogP contribution >= 0.6 is 27.7 Å². The average Bonchev–Trinajstić information content (AvgIpc) is 3.35. The van der Waals surface area contributed by atoms with Gasteiger partial charge in [0.15, 0.2) is 11.5 Å². The number of rotatable bonds is 4. The Labute approximate surface area is 189 Å². The average molecular weight is 511 g/mol. The number of carbonyl (C=O) groups is 1. The standard InChI is InChI=1S/C20H19BrN2O7S/c21-10-3-1-9(2-4-10)12-6-5-11(29-12)7-14-18(27)23-20(31-14)22-15-17(26)16(25)13(8-24)30-19(15)28/h1-7,13,15-17,19,24-26,28H,8H2,(H,22,23,27)/t13-,15-,16-,17-,19+/m1/s1. The smallest absolute Gasteiger partial charge is 0.264 e. The van der Waals surface area contributed by atoms with Gasteiger partial charge in [0.1, 0.15) is 35.9 Å². The lowest BCUT2D eigenvalue weighted by molar-refractivity contribution is -0.248. The first kappa shape index (κ1) is 22.2. The van der Waals surface area contributed by atoms with E-state index in [9.17, 15) is 20.1 Å². The number of thioether (sulfide) groups is 1. The number of amides is 1. The van der Waals surface area contributed by atoms with Crippen LogP contribution in [0.2, 0.25) is 0 Å². The molecule has 2 aromatic rings. The lowest BCUT2D eigenvalue weighted by Gasteiger charge is -2.38. The number of amidine groups is 1. The van der Waals surface area contributed by atoms with Crippen molar-refractivity contribution in [2.45, 2.75) is 30.6 Å². The highest BCUT2D eigenvalue weighted by molar-refractivity contribution is 9.10. The van der Waals surface area contributed by atoms with Gasteiger partial charge in [-0.15, -0.1) is 0 Å². The predicted molar refractivity (Wildman–Crippen MR) is 117 cm³/mol. The Morgan fingerprint density at radius 1 is 1.13 bits per heavy atom. The number of hydrogen-bond donors (Lipinski definition) is 5. The third-order valence-electron chi connectivity index (χ3n) is 4.81. The molecule has 5 atom stereocenters. The summed E-state index contributed by atoms with van der Waals surface area (Å²) in [6.45, 7) is -0.567. The molecule has 3 heterocycles. The molecular weight excluding hydrogens is 492 g/mol. The van der Waals surface area contributed by atoms with Crippen LogP contribution in [0.4, 0.5) is 0 Å². The number of hydrogen-bond acceptors (Lipinski definition) is 9. The van der Waals surface area contributed by atoms with E-state index in [0.29, 0.717) is 16.4 Å². The van der Waals surface area contributed by atoms with E-state index in [0.717, 1.165) is 21.8 Å². The maximum absolute atomic E-state index is 12.3. The van der Waals surface area contributed by atoms with Crippen molar-refractivity contribution in [1.82, 2.24) is 5.32 Å². The number of furan rings is 1. The van der Waals surface area contributed by atoms with Crippen LogP contribution in [-0.4, -0.2) is 68.8 Å². The van der Waals surface area contributed by atoms with Gasteiger partial charge in [0.05, 0.1) is 11.5 Å². The molecule has 5 N–H and O–H groups in total. The van der Waals surface area contributed by atoms with Gasteiger partial charge in [0.2, 0.25) is 0 Å². The molecule has 0 radical (unpaired) electrons. The van der Waals surface area contributed by atoms with E-state index >= 15 is 0 Å². The zero-order valence-corrected chi connectivity index (χ0v) is 18.3. The Hall–Kier alpha value is -1.99. The van der Waals surface area contributed by atoms with Crippen LogP contribution in [0.3, 0.4) is 0 Å². The molecule has 31 heavy (non-hydrogen) atoms.